The van der Waals surface area contributed by atoms with Gasteiger partial charge in [0, 0.05) is 37.6 Å². The summed E-state index contributed by atoms with van der Waals surface area (Å²) in [6.45, 7) is 1.50. The molecule has 0 aromatic carbocycles. The minimum Gasteiger partial charge on any atom is -0.395 e. The van der Waals surface area contributed by atoms with E-state index in [2.05, 4.69) is 4.98 Å². The molecule has 1 aromatic rings. The molecule has 0 radical (unpaired) electrons. The Morgan fingerprint density at radius 3 is 2.77 bits per heavy atom. The number of aryl methyl sites for hydroxylation is 2. The van der Waals surface area contributed by atoms with E-state index in [4.69, 9.17) is 0 Å². The molecule has 7 nitrogen and oxygen atoms in total. The van der Waals surface area contributed by atoms with Crippen molar-refractivity contribution in [3.63, 3.8) is 0 Å². The van der Waals surface area contributed by atoms with E-state index in [1.165, 1.54) is 0 Å². The van der Waals surface area contributed by atoms with E-state index >= 15 is 0 Å². The molecule has 0 saturated carbocycles. The number of aromatic nitrogens is 1. The molecule has 1 aliphatic carbocycles. The highest BCUT2D eigenvalue weighted by Gasteiger charge is 2.47. The number of nitrogens with zero attached hydrogens (tertiary/aromatic N) is 3. The van der Waals surface area contributed by atoms with Crippen LogP contribution < -0.4 is 0 Å². The maximum Gasteiger partial charge on any atom is 0.255 e. The third kappa shape index (κ3) is 3.25. The van der Waals surface area contributed by atoms with Gasteiger partial charge in [0.05, 0.1) is 29.7 Å². The summed E-state index contributed by atoms with van der Waals surface area (Å²) in [7, 11) is -3.18. The topological polar surface area (TPSA) is 90.8 Å². The number of sulfone groups is 1. The normalized spacial score (nSPS) is 27.8. The zero-order valence-corrected chi connectivity index (χ0v) is 15.6. The largest absolute Gasteiger partial charge is 0.395 e. The van der Waals surface area contributed by atoms with E-state index in [-0.39, 0.29) is 36.1 Å². The summed E-state index contributed by atoms with van der Waals surface area (Å²) in [5, 5.41) is 9.25. The fourth-order valence-corrected chi connectivity index (χ4v) is 6.57. The molecule has 2 saturated heterocycles. The lowest BCUT2D eigenvalue weighted by atomic mass is 9.94. The van der Waals surface area contributed by atoms with Crippen LogP contribution in [0.25, 0.3) is 0 Å². The van der Waals surface area contributed by atoms with Gasteiger partial charge in [-0.2, -0.15) is 0 Å². The second-order valence-corrected chi connectivity index (χ2v) is 9.66. The van der Waals surface area contributed by atoms with Crippen molar-refractivity contribution in [2.24, 2.45) is 0 Å². The average Bonchev–Trinajstić information content (AvgIpc) is 2.96. The maximum absolute atomic E-state index is 13.1. The second kappa shape index (κ2) is 6.90. The molecule has 0 bridgehead atoms. The predicted molar refractivity (Wildman–Crippen MR) is 96.8 cm³/mol. The van der Waals surface area contributed by atoms with Crippen LogP contribution in [0.5, 0.6) is 0 Å². The van der Waals surface area contributed by atoms with Gasteiger partial charge in [0.1, 0.15) is 0 Å². The molecular formula is C18H25N3O4S. The van der Waals surface area contributed by atoms with E-state index in [0.717, 1.165) is 36.9 Å². The number of aliphatic hydroxyl groups excluding tert-OH is 1. The van der Waals surface area contributed by atoms with Gasteiger partial charge in [-0.3, -0.25) is 14.7 Å². The number of carbonyl (C=O) groups is 1. The van der Waals surface area contributed by atoms with E-state index < -0.39 is 9.84 Å². The molecule has 26 heavy (non-hydrogen) atoms. The molecule has 1 N–H and O–H groups in total. The van der Waals surface area contributed by atoms with Gasteiger partial charge >= 0.3 is 0 Å². The van der Waals surface area contributed by atoms with Gasteiger partial charge in [-0.05, 0) is 37.3 Å². The summed E-state index contributed by atoms with van der Waals surface area (Å²) >= 11 is 0. The van der Waals surface area contributed by atoms with Crippen molar-refractivity contribution in [1.29, 1.82) is 0 Å². The van der Waals surface area contributed by atoms with Crippen LogP contribution in [0.1, 0.15) is 34.5 Å². The Hall–Kier alpha value is -1.51. The molecule has 2 atom stereocenters. The highest BCUT2D eigenvalue weighted by Crippen LogP contribution is 2.28. The van der Waals surface area contributed by atoms with Crippen LogP contribution in [0.15, 0.2) is 12.3 Å². The lowest BCUT2D eigenvalue weighted by Gasteiger charge is -2.43. The molecule has 142 valence electrons. The van der Waals surface area contributed by atoms with Crippen molar-refractivity contribution >= 4 is 15.7 Å². The molecule has 4 rings (SSSR count). The van der Waals surface area contributed by atoms with Crippen molar-refractivity contribution < 1.29 is 18.3 Å². The second-order valence-electron chi connectivity index (χ2n) is 7.51. The number of rotatable bonds is 3. The summed E-state index contributed by atoms with van der Waals surface area (Å²) in [5.41, 5.74) is 2.79. The lowest BCUT2D eigenvalue weighted by Crippen LogP contribution is -2.61. The number of amides is 1. The molecule has 2 aliphatic heterocycles. The Kier molecular flexibility index (Phi) is 4.75. The summed E-state index contributed by atoms with van der Waals surface area (Å²) in [6.07, 6.45) is 5.82. The van der Waals surface area contributed by atoms with E-state index in [1.807, 2.05) is 11.0 Å². The molecule has 3 heterocycles. The van der Waals surface area contributed by atoms with Gasteiger partial charge in [-0.15, -0.1) is 0 Å². The van der Waals surface area contributed by atoms with Crippen LogP contribution >= 0.6 is 0 Å². The zero-order chi connectivity index (χ0) is 18.3. The summed E-state index contributed by atoms with van der Waals surface area (Å²) in [5.74, 6) is -0.0604. The fourth-order valence-electron chi connectivity index (χ4n) is 4.55. The number of fused-ring (bicyclic) bond motifs is 2. The quantitative estimate of drug-likeness (QED) is 0.787. The zero-order valence-electron chi connectivity index (χ0n) is 14.8. The molecule has 3 aliphatic rings. The SMILES string of the molecule is O=C(c1cnc2c(c1)CCCC2)N1CCN(CCO)[C@@H]2CS(=O)(=O)C[C@@H]21. The van der Waals surface area contributed by atoms with E-state index in [0.29, 0.717) is 25.2 Å². The van der Waals surface area contributed by atoms with Gasteiger partial charge in [-0.25, -0.2) is 8.42 Å². The third-order valence-corrected chi connectivity index (χ3v) is 7.55. The average molecular weight is 379 g/mol. The first-order valence-electron chi connectivity index (χ1n) is 9.32. The van der Waals surface area contributed by atoms with Crippen LogP contribution in [-0.4, -0.2) is 84.0 Å². The molecule has 1 amide bonds. The maximum atomic E-state index is 13.1. The molecule has 0 spiro atoms. The molecule has 1 aromatic heterocycles. The van der Waals surface area contributed by atoms with Crippen molar-refractivity contribution in [3.8, 4) is 0 Å². The Labute approximate surface area is 153 Å². The van der Waals surface area contributed by atoms with Crippen molar-refractivity contribution in [1.82, 2.24) is 14.8 Å². The number of carbonyl (C=O) groups excluding carboxylic acids is 1. The van der Waals surface area contributed by atoms with E-state index in [1.54, 1.807) is 11.1 Å². The summed E-state index contributed by atoms with van der Waals surface area (Å²) < 4.78 is 24.4. The van der Waals surface area contributed by atoms with Crippen LogP contribution in [0.3, 0.4) is 0 Å². The minimum absolute atomic E-state index is 0.00368. The first-order valence-corrected chi connectivity index (χ1v) is 11.1. The molecule has 2 fully saturated rings. The van der Waals surface area contributed by atoms with Gasteiger partial charge in [-0.1, -0.05) is 0 Å². The van der Waals surface area contributed by atoms with Gasteiger partial charge in [0.25, 0.3) is 5.91 Å². The number of piperazine rings is 1. The third-order valence-electron chi connectivity index (χ3n) is 5.86. The van der Waals surface area contributed by atoms with E-state index in [9.17, 15) is 18.3 Å². The number of hydrogen-bond acceptors (Lipinski definition) is 6. The summed E-state index contributed by atoms with van der Waals surface area (Å²) in [6, 6.07) is 1.38. The Bertz CT molecular complexity index is 811. The van der Waals surface area contributed by atoms with Crippen LogP contribution in [0.4, 0.5) is 0 Å². The lowest BCUT2D eigenvalue weighted by molar-refractivity contribution is 0.0281. The predicted octanol–water partition coefficient (Wildman–Crippen LogP) is -0.124. The number of hydrogen-bond donors (Lipinski definition) is 1. The number of pyridine rings is 1. The highest BCUT2D eigenvalue weighted by atomic mass is 32.2. The number of β-amino-alcohol motifs (C(OH)–C–C–N with tert-alkyl or cyclic N) is 1. The smallest absolute Gasteiger partial charge is 0.255 e. The minimum atomic E-state index is -3.18. The summed E-state index contributed by atoms with van der Waals surface area (Å²) in [4.78, 5) is 21.3. The Morgan fingerprint density at radius 1 is 1.19 bits per heavy atom. The van der Waals surface area contributed by atoms with Gasteiger partial charge < -0.3 is 10.0 Å². The Morgan fingerprint density at radius 2 is 1.96 bits per heavy atom. The fraction of sp³-hybridized carbons (Fsp3) is 0.667. The first kappa shape index (κ1) is 17.9. The van der Waals surface area contributed by atoms with Crippen LogP contribution in [0, 0.1) is 0 Å². The van der Waals surface area contributed by atoms with Crippen molar-refractivity contribution in [3.05, 3.63) is 29.1 Å². The van der Waals surface area contributed by atoms with Crippen LogP contribution in [-0.2, 0) is 22.7 Å². The monoisotopic (exact) mass is 379 g/mol. The molecule has 0 unspecified atom stereocenters. The molecule has 8 heteroatoms. The Balaban J connectivity index is 1.60. The van der Waals surface area contributed by atoms with Gasteiger partial charge in [0.15, 0.2) is 9.84 Å². The number of aliphatic hydroxyl groups is 1. The highest BCUT2D eigenvalue weighted by molar-refractivity contribution is 7.91. The standard InChI is InChI=1S/C18H25N3O4S/c22-8-7-20-5-6-21(17-12-26(24,25)11-16(17)20)18(23)14-9-13-3-1-2-4-15(13)19-10-14/h9-10,16-17,22H,1-8,11-12H2/t16-,17+/m1/s1. The van der Waals surface area contributed by atoms with Gasteiger partial charge in [0.2, 0.25) is 0 Å². The molecular weight excluding hydrogens is 354 g/mol. The van der Waals surface area contributed by atoms with Crippen molar-refractivity contribution in [2.45, 2.75) is 37.8 Å². The van der Waals surface area contributed by atoms with Crippen LogP contribution in [0.2, 0.25) is 0 Å². The first-order chi connectivity index (χ1) is 12.5. The van der Waals surface area contributed by atoms with Crippen molar-refractivity contribution in [2.75, 3.05) is 37.7 Å².